The van der Waals surface area contributed by atoms with Crippen molar-refractivity contribution in [2.75, 3.05) is 19.6 Å². The van der Waals surface area contributed by atoms with E-state index >= 15 is 0 Å². The van der Waals surface area contributed by atoms with Crippen molar-refractivity contribution in [3.8, 4) is 0 Å². The lowest BCUT2D eigenvalue weighted by molar-refractivity contribution is 0.0528. The van der Waals surface area contributed by atoms with Crippen LogP contribution in [-0.2, 0) is 11.2 Å². The van der Waals surface area contributed by atoms with Gasteiger partial charge in [-0.05, 0) is 32.9 Å². The van der Waals surface area contributed by atoms with E-state index < -0.39 is 5.60 Å². The molecule has 0 unspecified atom stereocenters. The molecule has 0 radical (unpaired) electrons. The van der Waals surface area contributed by atoms with Gasteiger partial charge in [0.25, 0.3) is 0 Å². The van der Waals surface area contributed by atoms with Crippen LogP contribution in [0.1, 0.15) is 26.5 Å². The van der Waals surface area contributed by atoms with Gasteiger partial charge in [0.15, 0.2) is 0 Å². The highest BCUT2D eigenvalue weighted by Crippen LogP contribution is 2.05. The Balaban J connectivity index is 2.01. The predicted octanol–water partition coefficient (Wildman–Crippen LogP) is 1.74. The Labute approximate surface area is 114 Å². The zero-order chi connectivity index (χ0) is 14.1. The molecule has 1 aromatic heterocycles. The Bertz CT molecular complexity index is 374. The van der Waals surface area contributed by atoms with Gasteiger partial charge in [0.1, 0.15) is 5.60 Å². The molecule has 5 heteroatoms. The number of nitrogens with one attached hydrogen (secondary N) is 2. The topological polar surface area (TPSA) is 63.2 Å². The molecule has 0 aliphatic carbocycles. The van der Waals surface area contributed by atoms with Gasteiger partial charge in [-0.1, -0.05) is 6.07 Å². The molecule has 0 bridgehead atoms. The number of carbonyl (C=O) groups excluding carboxylic acids is 1. The van der Waals surface area contributed by atoms with E-state index in [1.54, 1.807) is 6.20 Å². The van der Waals surface area contributed by atoms with Crippen LogP contribution in [0.3, 0.4) is 0 Å². The molecule has 2 N–H and O–H groups in total. The van der Waals surface area contributed by atoms with Crippen LogP contribution in [0.15, 0.2) is 24.4 Å². The fourth-order valence-corrected chi connectivity index (χ4v) is 1.45. The van der Waals surface area contributed by atoms with Crippen LogP contribution in [0, 0.1) is 0 Å². The Morgan fingerprint density at radius 2 is 2.05 bits per heavy atom. The molecular weight excluding hydrogens is 242 g/mol. The molecule has 0 saturated heterocycles. The van der Waals surface area contributed by atoms with Crippen LogP contribution >= 0.6 is 0 Å². The first kappa shape index (κ1) is 15.4. The predicted molar refractivity (Wildman–Crippen MR) is 75.0 cm³/mol. The van der Waals surface area contributed by atoms with Crippen LogP contribution in [-0.4, -0.2) is 36.3 Å². The van der Waals surface area contributed by atoms with E-state index in [-0.39, 0.29) is 6.09 Å². The molecule has 0 spiro atoms. The van der Waals surface area contributed by atoms with Gasteiger partial charge in [0, 0.05) is 37.9 Å². The van der Waals surface area contributed by atoms with Crippen molar-refractivity contribution in [1.82, 2.24) is 15.6 Å². The minimum atomic E-state index is -0.448. The van der Waals surface area contributed by atoms with Crippen LogP contribution in [0.4, 0.5) is 4.79 Å². The summed E-state index contributed by atoms with van der Waals surface area (Å²) in [5, 5.41) is 5.94. The second-order valence-electron chi connectivity index (χ2n) is 5.25. The van der Waals surface area contributed by atoms with Crippen LogP contribution in [0.2, 0.25) is 0 Å². The average Bonchev–Trinajstić information content (AvgIpc) is 2.32. The SMILES string of the molecule is CC(C)(C)OC(=O)NCCNCCc1ccccn1. The summed E-state index contributed by atoms with van der Waals surface area (Å²) in [4.78, 5) is 15.6. The standard InChI is InChI=1S/C14H23N3O2/c1-14(2,3)19-13(18)17-11-10-15-9-7-12-6-4-5-8-16-12/h4-6,8,15H,7,9-11H2,1-3H3,(H,17,18). The van der Waals surface area contributed by atoms with Crippen LogP contribution < -0.4 is 10.6 Å². The summed E-state index contributed by atoms with van der Waals surface area (Å²) in [6.07, 6.45) is 2.30. The molecule has 1 rings (SSSR count). The summed E-state index contributed by atoms with van der Waals surface area (Å²) < 4.78 is 5.13. The molecule has 0 saturated carbocycles. The number of aromatic nitrogens is 1. The number of hydrogen-bond acceptors (Lipinski definition) is 4. The molecule has 0 aromatic carbocycles. The number of nitrogens with zero attached hydrogens (tertiary/aromatic N) is 1. The number of ether oxygens (including phenoxy) is 1. The van der Waals surface area contributed by atoms with Crippen molar-refractivity contribution < 1.29 is 9.53 Å². The third-order valence-corrected chi connectivity index (χ3v) is 2.25. The molecule has 1 amide bonds. The van der Waals surface area contributed by atoms with E-state index in [0.717, 1.165) is 18.7 Å². The lowest BCUT2D eigenvalue weighted by Gasteiger charge is -2.19. The van der Waals surface area contributed by atoms with Crippen molar-refractivity contribution in [1.29, 1.82) is 0 Å². The molecular formula is C14H23N3O2. The molecule has 0 atom stereocenters. The minimum absolute atomic E-state index is 0.376. The van der Waals surface area contributed by atoms with Gasteiger partial charge in [-0.15, -0.1) is 0 Å². The molecule has 0 aliphatic rings. The number of amides is 1. The number of pyridine rings is 1. The first-order chi connectivity index (χ1) is 8.97. The minimum Gasteiger partial charge on any atom is -0.444 e. The largest absolute Gasteiger partial charge is 0.444 e. The van der Waals surface area contributed by atoms with Crippen molar-refractivity contribution in [3.63, 3.8) is 0 Å². The van der Waals surface area contributed by atoms with Crippen molar-refractivity contribution in [3.05, 3.63) is 30.1 Å². The van der Waals surface area contributed by atoms with Crippen molar-refractivity contribution in [2.24, 2.45) is 0 Å². The Kier molecular flexibility index (Phi) is 6.29. The first-order valence-electron chi connectivity index (χ1n) is 6.55. The fraction of sp³-hybridized carbons (Fsp3) is 0.571. The third kappa shape index (κ3) is 8.15. The lowest BCUT2D eigenvalue weighted by Crippen LogP contribution is -2.36. The van der Waals surface area contributed by atoms with Gasteiger partial charge in [0.2, 0.25) is 0 Å². The normalized spacial score (nSPS) is 11.1. The maximum Gasteiger partial charge on any atom is 0.407 e. The highest BCUT2D eigenvalue weighted by molar-refractivity contribution is 5.67. The van der Waals surface area contributed by atoms with Gasteiger partial charge in [-0.25, -0.2) is 4.79 Å². The van der Waals surface area contributed by atoms with Gasteiger partial charge in [0.05, 0.1) is 0 Å². The second kappa shape index (κ2) is 7.74. The Morgan fingerprint density at radius 1 is 1.26 bits per heavy atom. The van der Waals surface area contributed by atoms with Gasteiger partial charge >= 0.3 is 6.09 Å². The number of alkyl carbamates (subject to hydrolysis) is 1. The summed E-state index contributed by atoms with van der Waals surface area (Å²) >= 11 is 0. The van der Waals surface area contributed by atoms with Gasteiger partial charge < -0.3 is 15.4 Å². The maximum absolute atomic E-state index is 11.3. The molecule has 5 nitrogen and oxygen atoms in total. The molecule has 1 aromatic rings. The van der Waals surface area contributed by atoms with E-state index in [1.807, 2.05) is 39.0 Å². The number of rotatable bonds is 6. The number of hydrogen-bond donors (Lipinski definition) is 2. The van der Waals surface area contributed by atoms with E-state index in [2.05, 4.69) is 15.6 Å². The Hall–Kier alpha value is -1.62. The zero-order valence-electron chi connectivity index (χ0n) is 11.9. The van der Waals surface area contributed by atoms with Crippen LogP contribution in [0.25, 0.3) is 0 Å². The fourth-order valence-electron chi connectivity index (χ4n) is 1.45. The summed E-state index contributed by atoms with van der Waals surface area (Å²) in [5.74, 6) is 0. The summed E-state index contributed by atoms with van der Waals surface area (Å²) in [6.45, 7) is 7.64. The van der Waals surface area contributed by atoms with Crippen molar-refractivity contribution in [2.45, 2.75) is 32.8 Å². The second-order valence-corrected chi connectivity index (χ2v) is 5.25. The monoisotopic (exact) mass is 265 g/mol. The van der Waals surface area contributed by atoms with E-state index in [0.29, 0.717) is 13.1 Å². The smallest absolute Gasteiger partial charge is 0.407 e. The highest BCUT2D eigenvalue weighted by atomic mass is 16.6. The zero-order valence-corrected chi connectivity index (χ0v) is 11.9. The van der Waals surface area contributed by atoms with Gasteiger partial charge in [-0.3, -0.25) is 4.98 Å². The van der Waals surface area contributed by atoms with E-state index in [1.165, 1.54) is 0 Å². The van der Waals surface area contributed by atoms with Crippen LogP contribution in [0.5, 0.6) is 0 Å². The van der Waals surface area contributed by atoms with Crippen molar-refractivity contribution >= 4 is 6.09 Å². The lowest BCUT2D eigenvalue weighted by atomic mass is 10.2. The third-order valence-electron chi connectivity index (χ3n) is 2.25. The summed E-state index contributed by atoms with van der Waals surface area (Å²) in [7, 11) is 0. The molecule has 1 heterocycles. The quantitative estimate of drug-likeness (QED) is 0.769. The number of carbonyl (C=O) groups is 1. The van der Waals surface area contributed by atoms with E-state index in [4.69, 9.17) is 4.74 Å². The summed E-state index contributed by atoms with van der Waals surface area (Å²) in [5.41, 5.74) is 0.617. The molecule has 0 aliphatic heterocycles. The average molecular weight is 265 g/mol. The first-order valence-corrected chi connectivity index (χ1v) is 6.55. The Morgan fingerprint density at radius 3 is 2.68 bits per heavy atom. The molecule has 19 heavy (non-hydrogen) atoms. The maximum atomic E-state index is 11.3. The molecule has 106 valence electrons. The molecule has 0 fully saturated rings. The van der Waals surface area contributed by atoms with E-state index in [9.17, 15) is 4.79 Å². The highest BCUT2D eigenvalue weighted by Gasteiger charge is 2.15. The van der Waals surface area contributed by atoms with Gasteiger partial charge in [-0.2, -0.15) is 0 Å². The summed E-state index contributed by atoms with van der Waals surface area (Å²) in [6, 6.07) is 5.88.